The number of halogens is 1. The van der Waals surface area contributed by atoms with Gasteiger partial charge in [-0.25, -0.2) is 0 Å². The van der Waals surface area contributed by atoms with Gasteiger partial charge in [0.05, 0.1) is 0 Å². The monoisotopic (exact) mass is 454 g/mol. The number of nitrogens with one attached hydrogen (secondary N) is 2. The van der Waals surface area contributed by atoms with Crippen LogP contribution in [-0.4, -0.2) is 23.0 Å². The minimum Gasteiger partial charge on any atom is -0.480 e. The second-order valence-electron chi connectivity index (χ2n) is 7.26. The molecule has 3 rings (SSSR count). The molecule has 0 radical (unpaired) electrons. The summed E-state index contributed by atoms with van der Waals surface area (Å²) in [4.78, 5) is 24.2. The Kier molecular flexibility index (Phi) is 7.25. The third-order valence-electron chi connectivity index (χ3n) is 4.80. The fraction of sp³-hybridized carbons (Fsp3) is 0.167. The van der Waals surface area contributed by atoms with Crippen LogP contribution in [-0.2, 0) is 4.79 Å². The Hall–Kier alpha value is -2.96. The van der Waals surface area contributed by atoms with Crippen molar-refractivity contribution in [3.63, 3.8) is 0 Å². The van der Waals surface area contributed by atoms with Crippen LogP contribution in [0.15, 0.2) is 65.6 Å². The van der Waals surface area contributed by atoms with Crippen molar-refractivity contribution in [2.24, 2.45) is 0 Å². The largest absolute Gasteiger partial charge is 0.480 e. The highest BCUT2D eigenvalue weighted by atomic mass is 35.5. The summed E-state index contributed by atoms with van der Waals surface area (Å²) in [5.74, 6) is -1.49. The molecule has 0 spiro atoms. The van der Waals surface area contributed by atoms with Crippen LogP contribution in [0.4, 0.5) is 5.69 Å². The first-order chi connectivity index (χ1) is 14.7. The molecule has 0 aliphatic carbocycles. The van der Waals surface area contributed by atoms with Crippen LogP contribution in [0.1, 0.15) is 28.4 Å². The number of aliphatic carboxylic acids is 1. The highest BCUT2D eigenvalue weighted by Crippen LogP contribution is 2.30. The predicted molar refractivity (Wildman–Crippen MR) is 127 cm³/mol. The van der Waals surface area contributed by atoms with Crippen molar-refractivity contribution in [2.45, 2.75) is 31.7 Å². The molecule has 1 atom stereocenters. The van der Waals surface area contributed by atoms with Gasteiger partial charge >= 0.3 is 5.97 Å². The Bertz CT molecular complexity index is 1120. The van der Waals surface area contributed by atoms with Gasteiger partial charge in [-0.05, 0) is 91.4 Å². The maximum Gasteiger partial charge on any atom is 0.325 e. The molecule has 3 N–H and O–H groups in total. The number of carbonyl (C=O) groups excluding carboxylic acids is 1. The summed E-state index contributed by atoms with van der Waals surface area (Å²) >= 11 is 7.71. The fourth-order valence-electron chi connectivity index (χ4n) is 2.90. The summed E-state index contributed by atoms with van der Waals surface area (Å²) in [6.45, 7) is 5.44. The first kappa shape index (κ1) is 22.7. The number of hydrogen-bond acceptors (Lipinski definition) is 4. The number of aryl methyl sites for hydroxylation is 2. The molecule has 0 saturated heterocycles. The van der Waals surface area contributed by atoms with Crippen molar-refractivity contribution >= 4 is 41.1 Å². The molecule has 5 nitrogen and oxygen atoms in total. The van der Waals surface area contributed by atoms with E-state index in [2.05, 4.69) is 16.1 Å². The number of anilines is 1. The normalized spacial score (nSPS) is 11.6. The molecule has 31 heavy (non-hydrogen) atoms. The summed E-state index contributed by atoms with van der Waals surface area (Å²) in [6, 6.07) is 18.1. The van der Waals surface area contributed by atoms with Gasteiger partial charge in [0.1, 0.15) is 6.04 Å². The van der Waals surface area contributed by atoms with E-state index in [-0.39, 0.29) is 0 Å². The molecule has 160 valence electrons. The van der Waals surface area contributed by atoms with Gasteiger partial charge in [0.2, 0.25) is 0 Å². The van der Waals surface area contributed by atoms with E-state index in [0.29, 0.717) is 5.56 Å². The van der Waals surface area contributed by atoms with E-state index >= 15 is 0 Å². The molecule has 0 heterocycles. The van der Waals surface area contributed by atoms with E-state index in [1.165, 1.54) is 18.9 Å². The van der Waals surface area contributed by atoms with Gasteiger partial charge in [0.25, 0.3) is 5.91 Å². The first-order valence-electron chi connectivity index (χ1n) is 9.68. The maximum atomic E-state index is 12.2. The fourth-order valence-corrected chi connectivity index (χ4v) is 3.92. The molecular weight excluding hydrogens is 432 g/mol. The average Bonchev–Trinajstić information content (AvgIpc) is 2.75. The zero-order valence-electron chi connectivity index (χ0n) is 17.4. The zero-order chi connectivity index (χ0) is 22.5. The van der Waals surface area contributed by atoms with Crippen LogP contribution in [0, 0.1) is 13.8 Å². The number of carboxylic acids is 1. The average molecular weight is 455 g/mol. The molecule has 0 aliphatic heterocycles. The van der Waals surface area contributed by atoms with Gasteiger partial charge < -0.3 is 15.1 Å². The molecule has 0 saturated carbocycles. The Morgan fingerprint density at radius 2 is 1.68 bits per heavy atom. The summed E-state index contributed by atoms with van der Waals surface area (Å²) in [5, 5.41) is 12.1. The minimum absolute atomic E-state index is 0.412. The summed E-state index contributed by atoms with van der Waals surface area (Å²) in [6.07, 6.45) is 0. The SMILES string of the molecule is Cc1cc(SNc2cccc(-c3ccc(C(=O)NC(C)C(=O)O)cc3)c2)c(C)cc1Cl. The molecule has 3 aromatic carbocycles. The van der Waals surface area contributed by atoms with Crippen molar-refractivity contribution in [3.8, 4) is 11.1 Å². The lowest BCUT2D eigenvalue weighted by Crippen LogP contribution is -2.38. The maximum absolute atomic E-state index is 12.2. The number of carbonyl (C=O) groups is 2. The summed E-state index contributed by atoms with van der Waals surface area (Å²) in [7, 11) is 0. The van der Waals surface area contributed by atoms with Crippen LogP contribution in [0.3, 0.4) is 0 Å². The Morgan fingerprint density at radius 3 is 2.35 bits per heavy atom. The molecule has 1 unspecified atom stereocenters. The molecule has 0 aliphatic rings. The predicted octanol–water partition coefficient (Wildman–Crippen LogP) is 5.95. The first-order valence-corrected chi connectivity index (χ1v) is 10.9. The Morgan fingerprint density at radius 1 is 0.968 bits per heavy atom. The van der Waals surface area contributed by atoms with E-state index in [1.54, 1.807) is 12.1 Å². The van der Waals surface area contributed by atoms with E-state index in [1.807, 2.05) is 56.3 Å². The van der Waals surface area contributed by atoms with Gasteiger partial charge in [-0.3, -0.25) is 9.59 Å². The number of benzene rings is 3. The number of carboxylic acid groups (broad SMARTS) is 1. The quantitative estimate of drug-likeness (QED) is 0.385. The highest BCUT2D eigenvalue weighted by molar-refractivity contribution is 8.00. The Balaban J connectivity index is 1.71. The van der Waals surface area contributed by atoms with Crippen molar-refractivity contribution in [1.82, 2.24) is 5.32 Å². The zero-order valence-corrected chi connectivity index (χ0v) is 19.0. The topological polar surface area (TPSA) is 78.4 Å². The van der Waals surface area contributed by atoms with E-state index in [0.717, 1.165) is 37.9 Å². The van der Waals surface area contributed by atoms with Crippen LogP contribution in [0.5, 0.6) is 0 Å². The van der Waals surface area contributed by atoms with E-state index in [4.69, 9.17) is 16.7 Å². The van der Waals surface area contributed by atoms with Crippen LogP contribution < -0.4 is 10.0 Å². The molecule has 7 heteroatoms. The molecule has 3 aromatic rings. The minimum atomic E-state index is -1.07. The second kappa shape index (κ2) is 9.90. The number of hydrogen-bond donors (Lipinski definition) is 3. The van der Waals surface area contributed by atoms with Crippen LogP contribution in [0.2, 0.25) is 5.02 Å². The third-order valence-corrected chi connectivity index (χ3v) is 6.20. The molecule has 0 aromatic heterocycles. The number of rotatable bonds is 7. The van der Waals surface area contributed by atoms with Crippen LogP contribution >= 0.6 is 23.5 Å². The Labute approximate surface area is 191 Å². The highest BCUT2D eigenvalue weighted by Gasteiger charge is 2.15. The lowest BCUT2D eigenvalue weighted by atomic mass is 10.0. The molecule has 1 amide bonds. The van der Waals surface area contributed by atoms with Crippen molar-refractivity contribution < 1.29 is 14.7 Å². The summed E-state index contributed by atoms with van der Waals surface area (Å²) < 4.78 is 3.37. The van der Waals surface area contributed by atoms with E-state index in [9.17, 15) is 9.59 Å². The van der Waals surface area contributed by atoms with Crippen molar-refractivity contribution in [3.05, 3.63) is 82.4 Å². The van der Waals surface area contributed by atoms with Crippen molar-refractivity contribution in [2.75, 3.05) is 4.72 Å². The van der Waals surface area contributed by atoms with Gasteiger partial charge in [-0.1, -0.05) is 35.9 Å². The molecular formula is C24H23ClN2O3S. The van der Waals surface area contributed by atoms with Gasteiger partial charge in [-0.15, -0.1) is 0 Å². The van der Waals surface area contributed by atoms with Gasteiger partial charge in [0.15, 0.2) is 0 Å². The number of amides is 1. The van der Waals surface area contributed by atoms with Crippen LogP contribution in [0.25, 0.3) is 11.1 Å². The second-order valence-corrected chi connectivity index (χ2v) is 8.52. The van der Waals surface area contributed by atoms with E-state index < -0.39 is 17.9 Å². The standard InChI is InChI=1S/C24H23ClN2O3S/c1-14-12-22(15(2)11-21(14)25)31-27-20-6-4-5-19(13-20)17-7-9-18(10-8-17)23(28)26-16(3)24(29)30/h4-13,16,27H,1-3H3,(H,26,28)(H,29,30). The lowest BCUT2D eigenvalue weighted by Gasteiger charge is -2.12. The van der Waals surface area contributed by atoms with Gasteiger partial charge in [-0.2, -0.15) is 0 Å². The van der Waals surface area contributed by atoms with Gasteiger partial charge in [0, 0.05) is 21.2 Å². The van der Waals surface area contributed by atoms with Crippen molar-refractivity contribution in [1.29, 1.82) is 0 Å². The molecule has 0 fully saturated rings. The smallest absolute Gasteiger partial charge is 0.325 e. The lowest BCUT2D eigenvalue weighted by molar-refractivity contribution is -0.138. The summed E-state index contributed by atoms with van der Waals surface area (Å²) in [5.41, 5.74) is 5.46. The third kappa shape index (κ3) is 5.81. The molecule has 0 bridgehead atoms.